The molecule has 0 aliphatic heterocycles. The Morgan fingerprint density at radius 1 is 1.25 bits per heavy atom. The highest BCUT2D eigenvalue weighted by atomic mass is 35.5. The van der Waals surface area contributed by atoms with Gasteiger partial charge >= 0.3 is 0 Å². The Morgan fingerprint density at radius 3 is 2.81 bits per heavy atom. The van der Waals surface area contributed by atoms with Crippen molar-refractivity contribution in [2.45, 2.75) is 6.54 Å². The van der Waals surface area contributed by atoms with Crippen LogP contribution in [0.25, 0.3) is 0 Å². The predicted octanol–water partition coefficient (Wildman–Crippen LogP) is 3.49. The van der Waals surface area contributed by atoms with Gasteiger partial charge in [0.2, 0.25) is 0 Å². The smallest absolute Gasteiger partial charge is 0.131 e. The van der Waals surface area contributed by atoms with Crippen molar-refractivity contribution in [3.63, 3.8) is 0 Å². The third-order valence-corrected chi connectivity index (χ3v) is 2.37. The highest BCUT2D eigenvalue weighted by Gasteiger charge is 2.00. The van der Waals surface area contributed by atoms with Crippen molar-refractivity contribution in [3.05, 3.63) is 59.1 Å². The maximum atomic E-state index is 13.3. The molecule has 0 atom stereocenters. The van der Waals surface area contributed by atoms with Gasteiger partial charge in [-0.05, 0) is 18.2 Å². The summed E-state index contributed by atoms with van der Waals surface area (Å²) in [5, 5.41) is 3.49. The van der Waals surface area contributed by atoms with E-state index in [4.69, 9.17) is 11.6 Å². The molecular formula is C12H10ClFN2. The number of hydrogen-bond acceptors (Lipinski definition) is 2. The molecule has 0 unspecified atom stereocenters. The highest BCUT2D eigenvalue weighted by Crippen LogP contribution is 2.14. The average molecular weight is 237 g/mol. The summed E-state index contributed by atoms with van der Waals surface area (Å²) >= 11 is 5.73. The second-order valence-electron chi connectivity index (χ2n) is 3.31. The number of nitrogens with zero attached hydrogens (tertiary/aromatic N) is 1. The molecule has 0 spiro atoms. The fraction of sp³-hybridized carbons (Fsp3) is 0.0833. The number of halogens is 2. The largest absolute Gasteiger partial charge is 0.381 e. The maximum Gasteiger partial charge on any atom is 0.131 e. The maximum absolute atomic E-state index is 13.3. The molecule has 0 fully saturated rings. The number of aromatic nitrogens is 1. The van der Waals surface area contributed by atoms with Crippen LogP contribution >= 0.6 is 11.6 Å². The molecule has 1 N–H and O–H groups in total. The fourth-order valence-electron chi connectivity index (χ4n) is 1.35. The van der Waals surface area contributed by atoms with Crippen LogP contribution in [0.5, 0.6) is 0 Å². The lowest BCUT2D eigenvalue weighted by atomic mass is 10.2. The normalized spacial score (nSPS) is 10.1. The Labute approximate surface area is 98.1 Å². The van der Waals surface area contributed by atoms with E-state index in [0.29, 0.717) is 17.3 Å². The molecule has 0 aliphatic rings. The zero-order valence-electron chi connectivity index (χ0n) is 8.45. The standard InChI is InChI=1S/C12H10ClFN2/c13-12-7-10(5-6-15-12)16-8-9-3-1-2-4-11(9)14/h1-7H,8H2,(H,15,16). The first-order valence-electron chi connectivity index (χ1n) is 4.84. The number of pyridine rings is 1. The third-order valence-electron chi connectivity index (χ3n) is 2.17. The van der Waals surface area contributed by atoms with Crippen LogP contribution in [0.4, 0.5) is 10.1 Å². The van der Waals surface area contributed by atoms with Crippen LogP contribution in [0, 0.1) is 5.82 Å². The molecule has 82 valence electrons. The van der Waals surface area contributed by atoms with Gasteiger partial charge < -0.3 is 5.32 Å². The summed E-state index contributed by atoms with van der Waals surface area (Å²) < 4.78 is 13.3. The molecule has 2 nitrogen and oxygen atoms in total. The van der Waals surface area contributed by atoms with Gasteiger partial charge in [0.1, 0.15) is 11.0 Å². The Morgan fingerprint density at radius 2 is 2.06 bits per heavy atom. The lowest BCUT2D eigenvalue weighted by Gasteiger charge is -2.07. The summed E-state index contributed by atoms with van der Waals surface area (Å²) in [6, 6.07) is 10.1. The summed E-state index contributed by atoms with van der Waals surface area (Å²) in [7, 11) is 0. The predicted molar refractivity (Wildman–Crippen MR) is 63.0 cm³/mol. The molecule has 2 aromatic rings. The van der Waals surface area contributed by atoms with Gasteiger partial charge in [0, 0.05) is 24.0 Å². The quantitative estimate of drug-likeness (QED) is 0.826. The molecule has 1 aromatic heterocycles. The summed E-state index contributed by atoms with van der Waals surface area (Å²) in [6.45, 7) is 0.424. The first-order valence-corrected chi connectivity index (χ1v) is 5.22. The molecule has 0 saturated heterocycles. The molecule has 0 bridgehead atoms. The molecule has 1 heterocycles. The Bertz CT molecular complexity index is 488. The summed E-state index contributed by atoms with van der Waals surface area (Å²) in [5.74, 6) is -0.213. The first-order chi connectivity index (χ1) is 7.75. The van der Waals surface area contributed by atoms with Crippen molar-refractivity contribution in [2.75, 3.05) is 5.32 Å². The monoisotopic (exact) mass is 236 g/mol. The zero-order chi connectivity index (χ0) is 11.4. The zero-order valence-corrected chi connectivity index (χ0v) is 9.21. The minimum atomic E-state index is -0.213. The number of benzene rings is 1. The molecule has 0 radical (unpaired) electrons. The van der Waals surface area contributed by atoms with Gasteiger partial charge in [-0.15, -0.1) is 0 Å². The van der Waals surface area contributed by atoms with Gasteiger partial charge in [0.05, 0.1) is 0 Å². The van der Waals surface area contributed by atoms with E-state index < -0.39 is 0 Å². The topological polar surface area (TPSA) is 24.9 Å². The molecule has 4 heteroatoms. The van der Waals surface area contributed by atoms with E-state index in [0.717, 1.165) is 5.69 Å². The third kappa shape index (κ3) is 2.70. The number of rotatable bonds is 3. The van der Waals surface area contributed by atoms with E-state index in [9.17, 15) is 4.39 Å². The van der Waals surface area contributed by atoms with Gasteiger partial charge in [0.15, 0.2) is 0 Å². The van der Waals surface area contributed by atoms with Crippen LogP contribution < -0.4 is 5.32 Å². The SMILES string of the molecule is Fc1ccccc1CNc1ccnc(Cl)c1. The first kappa shape index (κ1) is 10.9. The lowest BCUT2D eigenvalue weighted by Crippen LogP contribution is -2.01. The van der Waals surface area contributed by atoms with E-state index in [1.807, 2.05) is 0 Å². The van der Waals surface area contributed by atoms with Crippen LogP contribution in [0.15, 0.2) is 42.6 Å². The van der Waals surface area contributed by atoms with Gasteiger partial charge in [-0.25, -0.2) is 9.37 Å². The van der Waals surface area contributed by atoms with Crippen LogP contribution in [0.1, 0.15) is 5.56 Å². The second kappa shape index (κ2) is 4.94. The molecule has 0 saturated carbocycles. The minimum absolute atomic E-state index is 0.213. The van der Waals surface area contributed by atoms with Crippen molar-refractivity contribution in [1.29, 1.82) is 0 Å². The van der Waals surface area contributed by atoms with Gasteiger partial charge in [0.25, 0.3) is 0 Å². The van der Waals surface area contributed by atoms with E-state index in [1.165, 1.54) is 6.07 Å². The minimum Gasteiger partial charge on any atom is -0.381 e. The highest BCUT2D eigenvalue weighted by molar-refractivity contribution is 6.29. The van der Waals surface area contributed by atoms with E-state index in [2.05, 4.69) is 10.3 Å². The average Bonchev–Trinajstić information content (AvgIpc) is 2.28. The van der Waals surface area contributed by atoms with Crippen molar-refractivity contribution in [2.24, 2.45) is 0 Å². The number of hydrogen-bond donors (Lipinski definition) is 1. The van der Waals surface area contributed by atoms with Gasteiger partial charge in [-0.1, -0.05) is 29.8 Å². The molecule has 1 aromatic carbocycles. The van der Waals surface area contributed by atoms with Gasteiger partial charge in [-0.3, -0.25) is 0 Å². The summed E-state index contributed by atoms with van der Waals surface area (Å²) in [4.78, 5) is 3.86. The summed E-state index contributed by atoms with van der Waals surface area (Å²) in [6.07, 6.45) is 1.60. The second-order valence-corrected chi connectivity index (χ2v) is 3.70. The van der Waals surface area contributed by atoms with Crippen molar-refractivity contribution in [3.8, 4) is 0 Å². The Kier molecular flexibility index (Phi) is 3.37. The van der Waals surface area contributed by atoms with E-state index >= 15 is 0 Å². The van der Waals surface area contributed by atoms with Crippen molar-refractivity contribution in [1.82, 2.24) is 4.98 Å². The molecule has 16 heavy (non-hydrogen) atoms. The van der Waals surface area contributed by atoms with Crippen LogP contribution in [0.2, 0.25) is 5.15 Å². The molecule has 0 aliphatic carbocycles. The van der Waals surface area contributed by atoms with Crippen molar-refractivity contribution >= 4 is 17.3 Å². The van der Waals surface area contributed by atoms with E-state index in [1.54, 1.807) is 36.5 Å². The molecule has 2 rings (SSSR count). The van der Waals surface area contributed by atoms with Gasteiger partial charge in [-0.2, -0.15) is 0 Å². The van der Waals surface area contributed by atoms with Crippen LogP contribution in [-0.2, 0) is 6.54 Å². The van der Waals surface area contributed by atoms with Crippen LogP contribution in [-0.4, -0.2) is 4.98 Å². The van der Waals surface area contributed by atoms with E-state index in [-0.39, 0.29) is 5.82 Å². The van der Waals surface area contributed by atoms with Crippen LogP contribution in [0.3, 0.4) is 0 Å². The Hall–Kier alpha value is -1.61. The van der Waals surface area contributed by atoms with Crippen molar-refractivity contribution < 1.29 is 4.39 Å². The molecule has 0 amide bonds. The number of nitrogens with one attached hydrogen (secondary N) is 1. The number of anilines is 1. The Balaban J connectivity index is 2.05. The fourth-order valence-corrected chi connectivity index (χ4v) is 1.53. The lowest BCUT2D eigenvalue weighted by molar-refractivity contribution is 0.613. The summed E-state index contributed by atoms with van der Waals surface area (Å²) in [5.41, 5.74) is 1.44. The molecular weight excluding hydrogens is 227 g/mol.